The first kappa shape index (κ1) is 21.2. The number of Topliss-reactive ketones (excluding diaryl/α,β-unsaturated/α-hetero) is 1. The van der Waals surface area contributed by atoms with E-state index in [1.54, 1.807) is 24.3 Å². The van der Waals surface area contributed by atoms with E-state index in [-0.39, 0.29) is 13.0 Å². The SMILES string of the molecule is C=CCOC(=O)C(=[N+]=[N-])C(=O)C[C@@H](N[S@@](=O)c1ccc(C)cc1)c1ccco1. The lowest BCUT2D eigenvalue weighted by atomic mass is 10.1. The van der Waals surface area contributed by atoms with Gasteiger partial charge >= 0.3 is 11.7 Å². The van der Waals surface area contributed by atoms with Gasteiger partial charge in [-0.05, 0) is 31.2 Å². The minimum atomic E-state index is -1.65. The molecule has 2 aromatic rings. The fourth-order valence-electron chi connectivity index (χ4n) is 2.24. The van der Waals surface area contributed by atoms with Crippen LogP contribution in [0.25, 0.3) is 5.53 Å². The normalized spacial score (nSPS) is 12.5. The zero-order valence-electron chi connectivity index (χ0n) is 15.2. The number of benzene rings is 1. The Labute approximate surface area is 164 Å². The largest absolute Gasteiger partial charge is 0.468 e. The van der Waals surface area contributed by atoms with Crippen molar-refractivity contribution in [1.29, 1.82) is 0 Å². The van der Waals surface area contributed by atoms with Crippen molar-refractivity contribution in [2.75, 3.05) is 6.61 Å². The van der Waals surface area contributed by atoms with Crippen molar-refractivity contribution in [3.8, 4) is 0 Å². The van der Waals surface area contributed by atoms with Crippen molar-refractivity contribution >= 4 is 28.4 Å². The van der Waals surface area contributed by atoms with Gasteiger partial charge in [-0.2, -0.15) is 4.79 Å². The molecule has 9 heteroatoms. The molecule has 1 heterocycles. The van der Waals surface area contributed by atoms with Crippen LogP contribution in [0.15, 0.2) is 64.6 Å². The number of nitrogens with one attached hydrogen (secondary N) is 1. The number of carbonyl (C=O) groups is 2. The fourth-order valence-corrected chi connectivity index (χ4v) is 3.22. The van der Waals surface area contributed by atoms with E-state index in [2.05, 4.69) is 16.1 Å². The lowest BCUT2D eigenvalue weighted by Gasteiger charge is -2.14. The lowest BCUT2D eigenvalue weighted by Crippen LogP contribution is -2.32. The van der Waals surface area contributed by atoms with Crippen LogP contribution in [-0.2, 0) is 25.3 Å². The van der Waals surface area contributed by atoms with Crippen LogP contribution in [0.3, 0.4) is 0 Å². The summed E-state index contributed by atoms with van der Waals surface area (Å²) in [7, 11) is -1.65. The van der Waals surface area contributed by atoms with E-state index in [4.69, 9.17) is 14.7 Å². The molecule has 2 atom stereocenters. The molecule has 1 N–H and O–H groups in total. The number of aryl methyl sites for hydroxylation is 1. The Hall–Kier alpha value is -3.13. The predicted molar refractivity (Wildman–Crippen MR) is 102 cm³/mol. The van der Waals surface area contributed by atoms with Crippen molar-refractivity contribution < 1.29 is 27.7 Å². The summed E-state index contributed by atoms with van der Waals surface area (Å²) in [6.45, 7) is 5.16. The average Bonchev–Trinajstić information content (AvgIpc) is 3.21. The summed E-state index contributed by atoms with van der Waals surface area (Å²) in [6.07, 6.45) is 2.38. The Balaban J connectivity index is 2.17. The molecule has 146 valence electrons. The number of rotatable bonds is 10. The minimum Gasteiger partial charge on any atom is -0.468 e. The molecule has 2 rings (SSSR count). The van der Waals surface area contributed by atoms with Gasteiger partial charge in [0.25, 0.3) is 5.78 Å². The molecule has 0 spiro atoms. The number of esters is 1. The zero-order valence-corrected chi connectivity index (χ0v) is 16.0. The number of ketones is 1. The van der Waals surface area contributed by atoms with Crippen LogP contribution in [0.1, 0.15) is 23.8 Å². The average molecular weight is 401 g/mol. The number of ether oxygens (including phenoxy) is 1. The van der Waals surface area contributed by atoms with Crippen LogP contribution >= 0.6 is 0 Å². The first-order chi connectivity index (χ1) is 13.5. The fraction of sp³-hybridized carbons (Fsp3) is 0.211. The summed E-state index contributed by atoms with van der Waals surface area (Å²) in [5, 5.41) is 0. The van der Waals surface area contributed by atoms with E-state index in [0.717, 1.165) is 5.56 Å². The topological polar surface area (TPSA) is 122 Å². The quantitative estimate of drug-likeness (QED) is 0.163. The van der Waals surface area contributed by atoms with Gasteiger partial charge in [0.05, 0.1) is 17.2 Å². The van der Waals surface area contributed by atoms with Crippen LogP contribution < -0.4 is 4.72 Å². The first-order valence-corrected chi connectivity index (χ1v) is 9.42. The molecular weight excluding hydrogens is 382 g/mol. The van der Waals surface area contributed by atoms with Gasteiger partial charge in [0.1, 0.15) is 23.4 Å². The number of hydrogen-bond acceptors (Lipinski definition) is 5. The van der Waals surface area contributed by atoms with Gasteiger partial charge in [0.15, 0.2) is 0 Å². The maximum absolute atomic E-state index is 12.6. The van der Waals surface area contributed by atoms with Crippen LogP contribution in [-0.4, -0.2) is 33.1 Å². The molecule has 0 bridgehead atoms. The second kappa shape index (κ2) is 10.3. The molecule has 0 aliphatic carbocycles. The van der Waals surface area contributed by atoms with Crippen LogP contribution in [0.2, 0.25) is 0 Å². The smallest absolute Gasteiger partial charge is 0.441 e. The maximum Gasteiger partial charge on any atom is 0.441 e. The van der Waals surface area contributed by atoms with Gasteiger partial charge in [-0.25, -0.2) is 13.7 Å². The molecule has 1 aromatic heterocycles. The van der Waals surface area contributed by atoms with Crippen molar-refractivity contribution in [1.82, 2.24) is 4.72 Å². The minimum absolute atomic E-state index is 0.136. The summed E-state index contributed by atoms with van der Waals surface area (Å²) in [5.74, 6) is -1.54. The van der Waals surface area contributed by atoms with Gasteiger partial charge < -0.3 is 14.7 Å². The third-order valence-corrected chi connectivity index (χ3v) is 4.85. The van der Waals surface area contributed by atoms with E-state index >= 15 is 0 Å². The lowest BCUT2D eigenvalue weighted by molar-refractivity contribution is -0.141. The van der Waals surface area contributed by atoms with Crippen molar-refractivity contribution in [3.05, 3.63) is 72.2 Å². The molecule has 0 fully saturated rings. The van der Waals surface area contributed by atoms with Crippen LogP contribution in [0.5, 0.6) is 0 Å². The summed E-state index contributed by atoms with van der Waals surface area (Å²) >= 11 is 0. The van der Waals surface area contributed by atoms with Crippen molar-refractivity contribution in [2.24, 2.45) is 0 Å². The van der Waals surface area contributed by atoms with Crippen molar-refractivity contribution in [2.45, 2.75) is 24.3 Å². The molecule has 0 saturated heterocycles. The third kappa shape index (κ3) is 5.68. The standard InChI is InChI=1S/C19H19N3O5S/c1-3-10-27-19(24)18(21-20)16(23)12-15(17-5-4-11-26-17)22-28(25)14-8-6-13(2)7-9-14/h3-9,11,15,22H,1,10,12H2,2H3/t15-,28+/m1/s1. The first-order valence-electron chi connectivity index (χ1n) is 8.27. The molecule has 28 heavy (non-hydrogen) atoms. The third-order valence-electron chi connectivity index (χ3n) is 3.65. The highest BCUT2D eigenvalue weighted by Crippen LogP contribution is 2.20. The van der Waals surface area contributed by atoms with Gasteiger partial charge in [-0.15, -0.1) is 0 Å². The Kier molecular flexibility index (Phi) is 7.76. The van der Waals surface area contributed by atoms with E-state index in [0.29, 0.717) is 10.7 Å². The Bertz CT molecular complexity index is 916. The summed E-state index contributed by atoms with van der Waals surface area (Å²) < 4.78 is 25.5. The highest BCUT2D eigenvalue weighted by atomic mass is 32.2. The van der Waals surface area contributed by atoms with Gasteiger partial charge in [-0.3, -0.25) is 4.79 Å². The zero-order chi connectivity index (χ0) is 20.5. The highest BCUT2D eigenvalue weighted by molar-refractivity contribution is 7.83. The summed E-state index contributed by atoms with van der Waals surface area (Å²) in [4.78, 5) is 27.5. The monoisotopic (exact) mass is 401 g/mol. The number of furan rings is 1. The molecule has 0 unspecified atom stereocenters. The molecule has 0 amide bonds. The second-order valence-electron chi connectivity index (χ2n) is 5.73. The molecule has 0 radical (unpaired) electrons. The van der Waals surface area contributed by atoms with Crippen LogP contribution in [0.4, 0.5) is 0 Å². The predicted octanol–water partition coefficient (Wildman–Crippen LogP) is 2.30. The number of carbonyl (C=O) groups excluding carboxylic acids is 2. The van der Waals surface area contributed by atoms with Crippen LogP contribution in [0, 0.1) is 6.92 Å². The highest BCUT2D eigenvalue weighted by Gasteiger charge is 2.34. The Morgan fingerprint density at radius 1 is 1.36 bits per heavy atom. The van der Waals surface area contributed by atoms with Crippen molar-refractivity contribution in [3.63, 3.8) is 0 Å². The molecule has 0 aliphatic rings. The summed E-state index contributed by atoms with van der Waals surface area (Å²) in [5.41, 5.74) is 9.28. The van der Waals surface area contributed by atoms with E-state index < -0.39 is 34.5 Å². The summed E-state index contributed by atoms with van der Waals surface area (Å²) in [6, 6.07) is 9.42. The van der Waals surface area contributed by atoms with Gasteiger partial charge in [0.2, 0.25) is 0 Å². The van der Waals surface area contributed by atoms with Gasteiger partial charge in [0, 0.05) is 6.42 Å². The van der Waals surface area contributed by atoms with E-state index in [1.165, 1.54) is 12.3 Å². The van der Waals surface area contributed by atoms with E-state index in [1.807, 2.05) is 19.1 Å². The second-order valence-corrected chi connectivity index (χ2v) is 6.98. The maximum atomic E-state index is 12.6. The Morgan fingerprint density at radius 2 is 2.07 bits per heavy atom. The molecule has 1 aromatic carbocycles. The Morgan fingerprint density at radius 3 is 2.64 bits per heavy atom. The molecule has 0 saturated carbocycles. The molecule has 8 nitrogen and oxygen atoms in total. The van der Waals surface area contributed by atoms with E-state index in [9.17, 15) is 13.8 Å². The van der Waals surface area contributed by atoms with Gasteiger partial charge in [-0.1, -0.05) is 30.4 Å². The number of nitrogens with zero attached hydrogens (tertiary/aromatic N) is 2. The number of hydrogen-bond donors (Lipinski definition) is 1. The molecule has 0 aliphatic heterocycles. The molecular formula is C19H19N3O5S.